The smallest absolute Gasteiger partial charge is 0.191 e. The SMILES string of the molecule is COCOc1ccc(C2(C)CSc3cc(OCOC)ccc3C2(O)C#CCCCCCCCO[Si](C)(C)C(C)(C)C)cc1.COCOc1ccc(C2(C)CSc3cc(OCOC)ccc3C2C#CCCCCCCCO[Si](C)(C)C(C)(C)C)cc1. The third kappa shape index (κ3) is 20.6. The van der Waals surface area contributed by atoms with Gasteiger partial charge in [-0.2, -0.15) is 0 Å². The normalized spacial score (nSPS) is 19.4. The molecule has 0 aliphatic carbocycles. The van der Waals surface area contributed by atoms with Crippen LogP contribution in [0.3, 0.4) is 0 Å². The molecular formula is C70H104O11S2Si2. The van der Waals surface area contributed by atoms with Crippen molar-refractivity contribution in [2.45, 2.75) is 201 Å². The summed E-state index contributed by atoms with van der Waals surface area (Å²) in [6, 6.07) is 28.5. The van der Waals surface area contributed by atoms with Crippen LogP contribution >= 0.6 is 23.5 Å². The van der Waals surface area contributed by atoms with Crippen LogP contribution in [0.15, 0.2) is 94.7 Å². The molecule has 470 valence electrons. The Labute approximate surface area is 524 Å². The van der Waals surface area contributed by atoms with Gasteiger partial charge in [-0.15, -0.1) is 29.4 Å². The molecule has 6 rings (SSSR count). The molecule has 0 saturated carbocycles. The molecule has 4 aromatic rings. The van der Waals surface area contributed by atoms with Crippen LogP contribution in [0.1, 0.15) is 161 Å². The maximum absolute atomic E-state index is 12.5. The summed E-state index contributed by atoms with van der Waals surface area (Å²) in [4.78, 5) is 2.21. The lowest BCUT2D eigenvalue weighted by Gasteiger charge is -2.46. The van der Waals surface area contributed by atoms with Crippen molar-refractivity contribution < 1.29 is 51.9 Å². The Bertz CT molecular complexity index is 2760. The molecule has 2 heterocycles. The number of benzene rings is 4. The number of hydrogen-bond donors (Lipinski definition) is 1. The van der Waals surface area contributed by atoms with Crippen LogP contribution < -0.4 is 18.9 Å². The van der Waals surface area contributed by atoms with E-state index in [9.17, 15) is 5.11 Å². The molecule has 1 N–H and O–H groups in total. The minimum absolute atomic E-state index is 0.0865. The van der Waals surface area contributed by atoms with E-state index < -0.39 is 27.7 Å². The first-order valence-electron chi connectivity index (χ1n) is 30.6. The molecule has 0 aromatic heterocycles. The van der Waals surface area contributed by atoms with Gasteiger partial charge in [-0.05, 0) is 127 Å². The lowest BCUT2D eigenvalue weighted by atomic mass is 9.66. The number of unbranched alkanes of at least 4 members (excludes halogenated alkanes) is 10. The van der Waals surface area contributed by atoms with E-state index in [0.29, 0.717) is 11.5 Å². The van der Waals surface area contributed by atoms with E-state index in [1.165, 1.54) is 48.1 Å². The maximum atomic E-state index is 12.5. The number of hydrogen-bond acceptors (Lipinski definition) is 13. The minimum Gasteiger partial charge on any atom is -0.468 e. The molecule has 4 aromatic carbocycles. The van der Waals surface area contributed by atoms with Crippen molar-refractivity contribution in [2.24, 2.45) is 0 Å². The quantitative estimate of drug-likeness (QED) is 0.0232. The molecule has 4 unspecified atom stereocenters. The predicted octanol–water partition coefficient (Wildman–Crippen LogP) is 17.4. The second kappa shape index (κ2) is 34.1. The van der Waals surface area contributed by atoms with E-state index in [4.69, 9.17) is 46.7 Å². The Morgan fingerprint density at radius 3 is 1.41 bits per heavy atom. The van der Waals surface area contributed by atoms with Crippen LogP contribution in [0.25, 0.3) is 0 Å². The zero-order valence-corrected chi connectivity index (χ0v) is 58.3. The standard InChI is InChI=1S/C35H52O6SSi.C35H52O5SSi/c1-33(2,3)43(7,8)41-23-15-13-11-9-10-12-14-22-35(36)31-21-20-30(40-27-38-6)24-32(31)42-25-34(35,4)28-16-18-29(19-17-28)39-26-37-5;1-34(2,3)42(7,8)40-23-15-13-11-9-10-12-14-16-32-31-22-21-30(39-27-37-6)24-33(31)41-25-35(32,4)28-17-19-29(20-18-28)38-26-36-5/h16-21,24,36H,9-13,15,23,25-27H2,1-8H3;17-22,24,32H,9-13,15,23,25-27H2,1-8H3. The topological polar surface area (TPSA) is 113 Å². The molecule has 0 radical (unpaired) electrons. The van der Waals surface area contributed by atoms with Gasteiger partial charge in [0.25, 0.3) is 0 Å². The van der Waals surface area contributed by atoms with Gasteiger partial charge in [-0.1, -0.05) is 148 Å². The fourth-order valence-electron chi connectivity index (χ4n) is 9.74. The summed E-state index contributed by atoms with van der Waals surface area (Å²) in [5.74, 6) is 18.8. The fourth-order valence-corrected chi connectivity index (χ4v) is 14.7. The van der Waals surface area contributed by atoms with Crippen LogP contribution in [0.2, 0.25) is 36.3 Å². The number of methoxy groups -OCH3 is 4. The summed E-state index contributed by atoms with van der Waals surface area (Å²) in [5, 5.41) is 13.0. The summed E-state index contributed by atoms with van der Waals surface area (Å²) in [7, 11) is 3.18. The van der Waals surface area contributed by atoms with E-state index >= 15 is 0 Å². The summed E-state index contributed by atoms with van der Waals surface area (Å²) in [5.41, 5.74) is 2.21. The third-order valence-corrected chi connectivity index (χ3v) is 29.3. The van der Waals surface area contributed by atoms with Gasteiger partial charge in [0.2, 0.25) is 0 Å². The molecule has 0 fully saturated rings. The molecule has 85 heavy (non-hydrogen) atoms. The lowest BCUT2D eigenvalue weighted by Crippen LogP contribution is -2.50. The highest BCUT2D eigenvalue weighted by atomic mass is 32.2. The van der Waals surface area contributed by atoms with E-state index in [1.807, 2.05) is 72.4 Å². The first kappa shape index (κ1) is 71.8. The lowest BCUT2D eigenvalue weighted by molar-refractivity contribution is 0.0229. The minimum atomic E-state index is -1.66. The highest BCUT2D eigenvalue weighted by Gasteiger charge is 2.52. The van der Waals surface area contributed by atoms with Gasteiger partial charge in [-0.3, -0.25) is 0 Å². The van der Waals surface area contributed by atoms with Gasteiger partial charge in [0, 0.05) is 92.2 Å². The molecule has 11 nitrogen and oxygen atoms in total. The Morgan fingerprint density at radius 1 is 0.506 bits per heavy atom. The Hall–Kier alpha value is -3.95. The first-order valence-corrected chi connectivity index (χ1v) is 38.4. The van der Waals surface area contributed by atoms with Crippen molar-refractivity contribution in [3.05, 3.63) is 107 Å². The number of aliphatic hydroxyl groups is 1. The monoisotopic (exact) mass is 1240 g/mol. The third-order valence-electron chi connectivity index (χ3n) is 17.4. The van der Waals surface area contributed by atoms with Crippen molar-refractivity contribution >= 4 is 40.2 Å². The Balaban J connectivity index is 0.000000311. The zero-order chi connectivity index (χ0) is 62.2. The Morgan fingerprint density at radius 2 is 0.918 bits per heavy atom. The number of ether oxygens (including phenoxy) is 8. The van der Waals surface area contributed by atoms with Gasteiger partial charge < -0.3 is 51.9 Å². The zero-order valence-electron chi connectivity index (χ0n) is 54.6. The average molecular weight is 1240 g/mol. The number of rotatable bonds is 30. The van der Waals surface area contributed by atoms with Crippen LogP contribution in [-0.4, -0.2) is 102 Å². The van der Waals surface area contributed by atoms with E-state index in [-0.39, 0.29) is 48.6 Å². The second-order valence-electron chi connectivity index (χ2n) is 26.0. The first-order chi connectivity index (χ1) is 40.4. The molecule has 4 atom stereocenters. The Kier molecular flexibility index (Phi) is 28.8. The van der Waals surface area contributed by atoms with Gasteiger partial charge >= 0.3 is 0 Å². The summed E-state index contributed by atoms with van der Waals surface area (Å²) in [6.07, 6.45) is 13.2. The largest absolute Gasteiger partial charge is 0.468 e. The van der Waals surface area contributed by atoms with Gasteiger partial charge in [-0.25, -0.2) is 0 Å². The van der Waals surface area contributed by atoms with Crippen LogP contribution in [0, 0.1) is 23.7 Å². The average Bonchev–Trinajstić information content (AvgIpc) is 0.919. The van der Waals surface area contributed by atoms with Crippen molar-refractivity contribution in [2.75, 3.05) is 80.3 Å². The summed E-state index contributed by atoms with van der Waals surface area (Å²) in [6.45, 7) is 30.1. The number of fused-ring (bicyclic) bond motifs is 2. The second-order valence-corrected chi connectivity index (χ2v) is 37.6. The molecule has 0 saturated heterocycles. The molecule has 0 spiro atoms. The molecule has 15 heteroatoms. The molecule has 0 bridgehead atoms. The number of thioether (sulfide) groups is 2. The highest BCUT2D eigenvalue weighted by Crippen LogP contribution is 2.54. The van der Waals surface area contributed by atoms with Crippen molar-refractivity contribution in [3.8, 4) is 46.7 Å². The summed E-state index contributed by atoms with van der Waals surface area (Å²) >= 11 is 3.58. The molecule has 2 aliphatic rings. The molecule has 0 amide bonds. The molecule has 2 aliphatic heterocycles. The van der Waals surface area contributed by atoms with Crippen molar-refractivity contribution in [1.82, 2.24) is 0 Å². The maximum Gasteiger partial charge on any atom is 0.191 e. The van der Waals surface area contributed by atoms with Gasteiger partial charge in [0.05, 0.1) is 5.92 Å². The van der Waals surface area contributed by atoms with E-state index in [0.717, 1.165) is 97.2 Å². The van der Waals surface area contributed by atoms with Crippen LogP contribution in [0.4, 0.5) is 0 Å². The van der Waals surface area contributed by atoms with Crippen molar-refractivity contribution in [1.29, 1.82) is 0 Å². The summed E-state index contributed by atoms with van der Waals surface area (Å²) < 4.78 is 55.5. The van der Waals surface area contributed by atoms with Gasteiger partial charge in [0.1, 0.15) is 23.0 Å². The highest BCUT2D eigenvalue weighted by molar-refractivity contribution is 7.99. The van der Waals surface area contributed by atoms with Crippen LogP contribution in [0.5, 0.6) is 23.0 Å². The molecular weight excluding hydrogens is 1140 g/mol. The van der Waals surface area contributed by atoms with E-state index in [2.05, 4.69) is 130 Å². The fraction of sp³-hybridized carbons (Fsp3) is 0.600. The van der Waals surface area contributed by atoms with Crippen molar-refractivity contribution in [3.63, 3.8) is 0 Å². The van der Waals surface area contributed by atoms with Crippen LogP contribution in [-0.2, 0) is 44.2 Å². The van der Waals surface area contributed by atoms with E-state index in [1.54, 1.807) is 40.2 Å². The predicted molar refractivity (Wildman–Crippen MR) is 356 cm³/mol. The van der Waals surface area contributed by atoms with Gasteiger partial charge in [0.15, 0.2) is 49.4 Å².